The average Bonchev–Trinajstić information content (AvgIpc) is 1.97. The van der Waals surface area contributed by atoms with Crippen LogP contribution in [0.2, 0.25) is 0 Å². The zero-order valence-corrected chi connectivity index (χ0v) is 7.59. The highest BCUT2D eigenvalue weighted by Gasteiger charge is 2.12. The fraction of sp³-hybridized carbons (Fsp3) is 0.500. The van der Waals surface area contributed by atoms with Gasteiger partial charge in [-0.05, 0) is 0 Å². The predicted octanol–water partition coefficient (Wildman–Crippen LogP) is -0.903. The van der Waals surface area contributed by atoms with Gasteiger partial charge in [-0.15, -0.1) is 0 Å². The molecule has 14 heavy (non-hydrogen) atoms. The van der Waals surface area contributed by atoms with E-state index >= 15 is 0 Å². The molecule has 0 aliphatic heterocycles. The number of carboxylic acid groups (broad SMARTS) is 2. The van der Waals surface area contributed by atoms with Crippen LogP contribution in [-0.4, -0.2) is 58.1 Å². The molecule has 0 unspecified atom stereocenters. The first-order valence-corrected chi connectivity index (χ1v) is 3.84. The Morgan fingerprint density at radius 2 is 1.43 bits per heavy atom. The van der Waals surface area contributed by atoms with Crippen LogP contribution in [0.1, 0.15) is 0 Å². The van der Waals surface area contributed by atoms with E-state index in [1.54, 1.807) is 0 Å². The predicted molar refractivity (Wildman–Crippen MR) is 47.0 cm³/mol. The van der Waals surface area contributed by atoms with Gasteiger partial charge in [0, 0.05) is 27.2 Å². The van der Waals surface area contributed by atoms with Crippen molar-refractivity contribution in [2.45, 2.75) is 0 Å². The summed E-state index contributed by atoms with van der Waals surface area (Å²) in [7, 11) is 10.2. The number of rotatable bonds is 7. The van der Waals surface area contributed by atoms with E-state index in [1.165, 1.54) is 4.90 Å². The van der Waals surface area contributed by atoms with Gasteiger partial charge >= 0.3 is 11.9 Å². The van der Waals surface area contributed by atoms with Crippen LogP contribution >= 0.6 is 0 Å². The van der Waals surface area contributed by atoms with Crippen LogP contribution in [0.4, 0.5) is 0 Å². The van der Waals surface area contributed by atoms with Crippen molar-refractivity contribution in [1.29, 1.82) is 0 Å². The Hall–Kier alpha value is -1.14. The summed E-state index contributed by atoms with van der Waals surface area (Å²) < 4.78 is 0. The van der Waals surface area contributed by atoms with Gasteiger partial charge in [0.2, 0.25) is 0 Å². The van der Waals surface area contributed by atoms with Crippen LogP contribution in [0, 0.1) is 14.1 Å². The smallest absolute Gasteiger partial charge is 0.317 e. The second-order valence-electron chi connectivity index (χ2n) is 2.74. The molecule has 0 aliphatic carbocycles. The summed E-state index contributed by atoms with van der Waals surface area (Å²) in [5, 5.41) is 16.9. The van der Waals surface area contributed by atoms with Gasteiger partial charge in [0.25, 0.3) is 0 Å². The minimum Gasteiger partial charge on any atom is -0.480 e. The number of hydrogen-bond donors (Lipinski definition) is 2. The van der Waals surface area contributed by atoms with Crippen LogP contribution < -0.4 is 0 Å². The summed E-state index contributed by atoms with van der Waals surface area (Å²) >= 11 is 0. The van der Waals surface area contributed by atoms with E-state index in [9.17, 15) is 9.59 Å². The molecule has 0 aromatic carbocycles. The van der Waals surface area contributed by atoms with Crippen molar-refractivity contribution in [1.82, 2.24) is 9.80 Å². The first-order chi connectivity index (χ1) is 6.41. The maximum atomic E-state index is 10.3. The monoisotopic (exact) mass is 200 g/mol. The maximum Gasteiger partial charge on any atom is 0.317 e. The maximum absolute atomic E-state index is 10.3. The topological polar surface area (TPSA) is 81.1 Å². The molecule has 0 aliphatic rings. The second kappa shape index (κ2) is 6.33. The Morgan fingerprint density at radius 1 is 1.00 bits per heavy atom. The molecule has 4 radical (unpaired) electrons. The molecular formula is C8H12N2O4. The molecular weight excluding hydrogens is 188 g/mol. The van der Waals surface area contributed by atoms with Crippen molar-refractivity contribution in [3.63, 3.8) is 0 Å². The summed E-state index contributed by atoms with van der Waals surface area (Å²) in [6, 6.07) is 0. The van der Waals surface area contributed by atoms with Crippen molar-refractivity contribution in [3.8, 4) is 0 Å². The molecule has 0 aromatic heterocycles. The first-order valence-electron chi connectivity index (χ1n) is 3.84. The van der Waals surface area contributed by atoms with Crippen molar-refractivity contribution < 1.29 is 19.8 Å². The number of carbonyl (C=O) groups is 2. The molecule has 6 heteroatoms. The van der Waals surface area contributed by atoms with Gasteiger partial charge in [-0.3, -0.25) is 19.4 Å². The Labute approximate surface area is 82.7 Å². The lowest BCUT2D eigenvalue weighted by molar-refractivity contribution is -0.141. The molecule has 0 saturated carbocycles. The number of aliphatic carboxylic acids is 2. The van der Waals surface area contributed by atoms with E-state index in [2.05, 4.69) is 0 Å². The molecule has 78 valence electrons. The average molecular weight is 200 g/mol. The summed E-state index contributed by atoms with van der Waals surface area (Å²) in [6.07, 6.45) is 0. The van der Waals surface area contributed by atoms with E-state index in [0.29, 0.717) is 0 Å². The summed E-state index contributed by atoms with van der Waals surface area (Å²) in [4.78, 5) is 22.7. The lowest BCUT2D eigenvalue weighted by atomic mass is 10.4. The third-order valence-corrected chi connectivity index (χ3v) is 1.39. The van der Waals surface area contributed by atoms with E-state index in [1.807, 2.05) is 0 Å². The van der Waals surface area contributed by atoms with Gasteiger partial charge in [0.1, 0.15) is 0 Å². The zero-order chi connectivity index (χ0) is 11.1. The molecule has 6 nitrogen and oxygen atoms in total. The molecule has 0 atom stereocenters. The van der Waals surface area contributed by atoms with Gasteiger partial charge in [0.15, 0.2) is 0 Å². The highest BCUT2D eigenvalue weighted by Crippen LogP contribution is 1.90. The highest BCUT2D eigenvalue weighted by molar-refractivity contribution is 5.72. The zero-order valence-electron chi connectivity index (χ0n) is 7.59. The quantitative estimate of drug-likeness (QED) is 0.518. The van der Waals surface area contributed by atoms with E-state index in [4.69, 9.17) is 24.3 Å². The van der Waals surface area contributed by atoms with E-state index < -0.39 is 11.9 Å². The molecule has 0 spiro atoms. The van der Waals surface area contributed by atoms with Gasteiger partial charge in [0.05, 0.1) is 13.1 Å². The highest BCUT2D eigenvalue weighted by atomic mass is 16.4. The van der Waals surface area contributed by atoms with Crippen LogP contribution in [0.3, 0.4) is 0 Å². The van der Waals surface area contributed by atoms with Crippen LogP contribution in [0.15, 0.2) is 0 Å². The molecule has 0 rings (SSSR count). The minimum absolute atomic E-state index is 0.186. The summed E-state index contributed by atoms with van der Waals surface area (Å²) in [5.74, 6) is -2.18. The summed E-state index contributed by atoms with van der Waals surface area (Å²) in [6.45, 7) is -0.313. The van der Waals surface area contributed by atoms with Gasteiger partial charge < -0.3 is 10.2 Å². The number of nitrogens with zero attached hydrogens (tertiary/aromatic N) is 2. The molecule has 0 bridgehead atoms. The lowest BCUT2D eigenvalue weighted by Crippen LogP contribution is -2.38. The lowest BCUT2D eigenvalue weighted by Gasteiger charge is -2.19. The molecule has 0 heterocycles. The Balaban J connectivity index is 3.96. The molecule has 0 fully saturated rings. The fourth-order valence-corrected chi connectivity index (χ4v) is 0.853. The van der Waals surface area contributed by atoms with Crippen LogP contribution in [0.25, 0.3) is 0 Å². The van der Waals surface area contributed by atoms with Crippen LogP contribution in [0.5, 0.6) is 0 Å². The van der Waals surface area contributed by atoms with Crippen LogP contribution in [-0.2, 0) is 9.59 Å². The molecule has 0 saturated heterocycles. The molecule has 2 N–H and O–H groups in total. The van der Waals surface area contributed by atoms with Gasteiger partial charge in [-0.1, -0.05) is 0 Å². The second-order valence-corrected chi connectivity index (χ2v) is 2.74. The largest absolute Gasteiger partial charge is 0.480 e. The van der Waals surface area contributed by atoms with Gasteiger partial charge in [-0.25, -0.2) is 0 Å². The van der Waals surface area contributed by atoms with Gasteiger partial charge in [-0.2, -0.15) is 0 Å². The SMILES string of the molecule is [CH]N([CH])CCN(CC(=O)O)CC(=O)O. The van der Waals surface area contributed by atoms with E-state index in [-0.39, 0.29) is 26.2 Å². The number of hydrogen-bond acceptors (Lipinski definition) is 4. The Bertz CT molecular complexity index is 190. The van der Waals surface area contributed by atoms with Crippen molar-refractivity contribution >= 4 is 11.9 Å². The fourth-order valence-electron chi connectivity index (χ4n) is 0.853. The van der Waals surface area contributed by atoms with Crippen molar-refractivity contribution in [2.24, 2.45) is 0 Å². The normalized spacial score (nSPS) is 10.9. The van der Waals surface area contributed by atoms with E-state index in [0.717, 1.165) is 4.90 Å². The standard InChI is InChI=1S/C8H12N2O4/c1-9(2)3-4-10(5-7(11)12)6-8(13)14/h1-2H,3-6H2,(H,11,12)(H,13,14). The molecule has 0 aromatic rings. The molecule has 0 amide bonds. The third-order valence-electron chi connectivity index (χ3n) is 1.39. The Kier molecular flexibility index (Phi) is 5.82. The first kappa shape index (κ1) is 12.9. The number of carboxylic acids is 2. The Morgan fingerprint density at radius 3 is 1.71 bits per heavy atom. The van der Waals surface area contributed by atoms with Crippen molar-refractivity contribution in [2.75, 3.05) is 26.2 Å². The summed E-state index contributed by atoms with van der Waals surface area (Å²) in [5.41, 5.74) is 0. The van der Waals surface area contributed by atoms with Crippen molar-refractivity contribution in [3.05, 3.63) is 14.1 Å². The minimum atomic E-state index is -1.09. The third kappa shape index (κ3) is 7.51.